The average molecular weight is 198 g/mol. The highest BCUT2D eigenvalue weighted by molar-refractivity contribution is 7.79. The number of nitrogens with two attached hydrogens (primary N) is 1. The minimum absolute atomic E-state index is 0.104. The molecular formula is C8H10N2O2S. The Hall–Kier alpha value is -1.07. The largest absolute Gasteiger partial charge is 0.326 e. The second-order valence-electron chi connectivity index (χ2n) is 2.58. The molecule has 0 unspecified atom stereocenters. The maximum atomic E-state index is 10.5. The number of nitro groups is 1. The van der Waals surface area contributed by atoms with Crippen LogP contribution in [0, 0.1) is 10.1 Å². The van der Waals surface area contributed by atoms with Crippen LogP contribution in [-0.2, 0) is 12.3 Å². The van der Waals surface area contributed by atoms with E-state index in [1.54, 1.807) is 12.1 Å². The van der Waals surface area contributed by atoms with Gasteiger partial charge in [0.15, 0.2) is 0 Å². The van der Waals surface area contributed by atoms with Crippen LogP contribution in [-0.4, -0.2) is 4.92 Å². The fourth-order valence-electron chi connectivity index (χ4n) is 1.07. The molecule has 0 amide bonds. The molecule has 1 rings (SSSR count). The molecule has 0 saturated heterocycles. The van der Waals surface area contributed by atoms with Gasteiger partial charge in [0, 0.05) is 23.9 Å². The van der Waals surface area contributed by atoms with Gasteiger partial charge in [0.1, 0.15) is 0 Å². The van der Waals surface area contributed by atoms with Gasteiger partial charge in [0.25, 0.3) is 5.69 Å². The number of hydrogen-bond acceptors (Lipinski definition) is 4. The highest BCUT2D eigenvalue weighted by atomic mass is 32.1. The van der Waals surface area contributed by atoms with Gasteiger partial charge in [-0.25, -0.2) is 0 Å². The number of thiol groups is 1. The summed E-state index contributed by atoms with van der Waals surface area (Å²) in [4.78, 5) is 10.1. The van der Waals surface area contributed by atoms with Crippen molar-refractivity contribution in [1.29, 1.82) is 0 Å². The molecule has 2 N–H and O–H groups in total. The van der Waals surface area contributed by atoms with Crippen LogP contribution < -0.4 is 5.73 Å². The Morgan fingerprint density at radius 3 is 2.69 bits per heavy atom. The van der Waals surface area contributed by atoms with Crippen LogP contribution in [0.4, 0.5) is 5.69 Å². The van der Waals surface area contributed by atoms with Crippen LogP contribution in [0.2, 0.25) is 0 Å². The Morgan fingerprint density at radius 2 is 2.23 bits per heavy atom. The molecule has 0 atom stereocenters. The summed E-state index contributed by atoms with van der Waals surface area (Å²) < 4.78 is 0. The molecule has 70 valence electrons. The number of nitro benzene ring substituents is 1. The van der Waals surface area contributed by atoms with Crippen LogP contribution in [0.15, 0.2) is 18.2 Å². The van der Waals surface area contributed by atoms with Gasteiger partial charge in [-0.15, -0.1) is 0 Å². The highest BCUT2D eigenvalue weighted by Gasteiger charge is 2.11. The number of rotatable bonds is 3. The highest BCUT2D eigenvalue weighted by Crippen LogP contribution is 2.21. The molecule has 4 nitrogen and oxygen atoms in total. The minimum Gasteiger partial charge on any atom is -0.326 e. The molecule has 5 heteroatoms. The second kappa shape index (κ2) is 4.25. The van der Waals surface area contributed by atoms with Crippen molar-refractivity contribution in [1.82, 2.24) is 0 Å². The van der Waals surface area contributed by atoms with E-state index < -0.39 is 4.92 Å². The maximum absolute atomic E-state index is 10.5. The van der Waals surface area contributed by atoms with Crippen molar-refractivity contribution in [3.05, 3.63) is 39.4 Å². The van der Waals surface area contributed by atoms with Crippen molar-refractivity contribution in [2.75, 3.05) is 0 Å². The molecule has 0 aliphatic carbocycles. The van der Waals surface area contributed by atoms with E-state index >= 15 is 0 Å². The standard InChI is InChI=1S/C8H10N2O2S/c9-4-6-1-2-8(10(11)12)7(3-6)5-13/h1-3,13H,4-5,9H2. The van der Waals surface area contributed by atoms with E-state index in [4.69, 9.17) is 5.73 Å². The predicted molar refractivity (Wildman–Crippen MR) is 53.7 cm³/mol. The zero-order valence-electron chi connectivity index (χ0n) is 6.93. The molecule has 13 heavy (non-hydrogen) atoms. The normalized spacial score (nSPS) is 10.0. The Bertz CT molecular complexity index is 328. The van der Waals surface area contributed by atoms with Gasteiger partial charge >= 0.3 is 0 Å². The molecule has 1 aromatic carbocycles. The van der Waals surface area contributed by atoms with Crippen LogP contribution in [0.1, 0.15) is 11.1 Å². The quantitative estimate of drug-likeness (QED) is 0.439. The van der Waals surface area contributed by atoms with E-state index in [-0.39, 0.29) is 5.69 Å². The molecule has 0 radical (unpaired) electrons. The first kappa shape index (κ1) is 10.0. The predicted octanol–water partition coefficient (Wildman–Crippen LogP) is 1.48. The van der Waals surface area contributed by atoms with Crippen molar-refractivity contribution in [2.24, 2.45) is 5.73 Å². The first-order chi connectivity index (χ1) is 6.19. The summed E-state index contributed by atoms with van der Waals surface area (Å²) in [6.45, 7) is 0.388. The van der Waals surface area contributed by atoms with Crippen LogP contribution >= 0.6 is 12.6 Å². The van der Waals surface area contributed by atoms with E-state index in [0.29, 0.717) is 17.9 Å². The summed E-state index contributed by atoms with van der Waals surface area (Å²) in [6.07, 6.45) is 0. The van der Waals surface area contributed by atoms with Crippen molar-refractivity contribution in [3.8, 4) is 0 Å². The summed E-state index contributed by atoms with van der Waals surface area (Å²) in [5.41, 5.74) is 7.00. The van der Waals surface area contributed by atoms with Crippen LogP contribution in [0.3, 0.4) is 0 Å². The molecule has 1 aromatic rings. The smallest absolute Gasteiger partial charge is 0.273 e. The van der Waals surface area contributed by atoms with E-state index in [1.807, 2.05) is 0 Å². The van der Waals surface area contributed by atoms with E-state index in [1.165, 1.54) is 6.07 Å². The molecule has 0 aliphatic heterocycles. The third-order valence-electron chi connectivity index (χ3n) is 1.75. The molecule has 0 saturated carbocycles. The fraction of sp³-hybridized carbons (Fsp3) is 0.250. The molecular weight excluding hydrogens is 188 g/mol. The lowest BCUT2D eigenvalue weighted by molar-refractivity contribution is -0.385. The lowest BCUT2D eigenvalue weighted by Crippen LogP contribution is -1.99. The summed E-state index contributed by atoms with van der Waals surface area (Å²) in [5, 5.41) is 10.5. The molecule has 0 spiro atoms. The van der Waals surface area contributed by atoms with E-state index in [9.17, 15) is 10.1 Å². The fourth-order valence-corrected chi connectivity index (χ4v) is 1.32. The Balaban J connectivity index is 3.15. The van der Waals surface area contributed by atoms with Crippen molar-refractivity contribution >= 4 is 18.3 Å². The average Bonchev–Trinajstić information content (AvgIpc) is 2.16. The van der Waals surface area contributed by atoms with Gasteiger partial charge in [0.05, 0.1) is 4.92 Å². The van der Waals surface area contributed by atoms with Gasteiger partial charge in [-0.1, -0.05) is 6.07 Å². The molecule has 0 aliphatic rings. The van der Waals surface area contributed by atoms with E-state index in [2.05, 4.69) is 12.6 Å². The summed E-state index contributed by atoms with van der Waals surface area (Å²) in [7, 11) is 0. The Morgan fingerprint density at radius 1 is 1.54 bits per heavy atom. The Kier molecular flexibility index (Phi) is 3.27. The minimum atomic E-state index is -0.411. The van der Waals surface area contributed by atoms with Crippen molar-refractivity contribution in [2.45, 2.75) is 12.3 Å². The van der Waals surface area contributed by atoms with Gasteiger partial charge < -0.3 is 5.73 Å². The monoisotopic (exact) mass is 198 g/mol. The summed E-state index contributed by atoms with van der Waals surface area (Å²) in [5.74, 6) is 0.351. The maximum Gasteiger partial charge on any atom is 0.273 e. The van der Waals surface area contributed by atoms with Gasteiger partial charge in [0.2, 0.25) is 0 Å². The van der Waals surface area contributed by atoms with Crippen molar-refractivity contribution in [3.63, 3.8) is 0 Å². The van der Waals surface area contributed by atoms with Crippen molar-refractivity contribution < 1.29 is 4.92 Å². The molecule has 0 fully saturated rings. The summed E-state index contributed by atoms with van der Waals surface area (Å²) in [6, 6.07) is 4.84. The van der Waals surface area contributed by atoms with Gasteiger partial charge in [-0.3, -0.25) is 10.1 Å². The van der Waals surface area contributed by atoms with Gasteiger partial charge in [-0.05, 0) is 11.6 Å². The summed E-state index contributed by atoms with van der Waals surface area (Å²) >= 11 is 4.02. The third-order valence-corrected chi connectivity index (χ3v) is 2.09. The number of benzene rings is 1. The molecule has 0 aromatic heterocycles. The lowest BCUT2D eigenvalue weighted by atomic mass is 10.1. The van der Waals surface area contributed by atoms with Crippen LogP contribution in [0.5, 0.6) is 0 Å². The van der Waals surface area contributed by atoms with E-state index in [0.717, 1.165) is 5.56 Å². The zero-order chi connectivity index (χ0) is 9.84. The molecule has 0 bridgehead atoms. The Labute approximate surface area is 81.3 Å². The topological polar surface area (TPSA) is 69.2 Å². The lowest BCUT2D eigenvalue weighted by Gasteiger charge is -2.01. The first-order valence-electron chi connectivity index (χ1n) is 3.76. The number of hydrogen-bond donors (Lipinski definition) is 2. The first-order valence-corrected chi connectivity index (χ1v) is 4.39. The SMILES string of the molecule is NCc1ccc([N+](=O)[O-])c(CS)c1. The number of nitrogens with zero attached hydrogens (tertiary/aromatic N) is 1. The van der Waals surface area contributed by atoms with Crippen LogP contribution in [0.25, 0.3) is 0 Å². The second-order valence-corrected chi connectivity index (χ2v) is 2.90. The molecule has 0 heterocycles. The third kappa shape index (κ3) is 2.19. The zero-order valence-corrected chi connectivity index (χ0v) is 7.83. The van der Waals surface area contributed by atoms with Gasteiger partial charge in [-0.2, -0.15) is 12.6 Å².